The number of esters is 1. The summed E-state index contributed by atoms with van der Waals surface area (Å²) in [5, 5.41) is 0. The van der Waals surface area contributed by atoms with Gasteiger partial charge in [-0.05, 0) is 43.7 Å². The first-order chi connectivity index (χ1) is 12.0. The number of thioether (sulfide) groups is 1. The van der Waals surface area contributed by atoms with Crippen molar-refractivity contribution in [3.8, 4) is 0 Å². The Labute approximate surface area is 154 Å². The van der Waals surface area contributed by atoms with Gasteiger partial charge in [-0.15, -0.1) is 11.8 Å². The van der Waals surface area contributed by atoms with Crippen molar-refractivity contribution in [2.45, 2.75) is 56.4 Å². The number of carbonyl (C=O) groups excluding carboxylic acids is 2. The molecular formula is C20H27NO3S. The lowest BCUT2D eigenvalue weighted by Gasteiger charge is -2.40. The molecule has 3 rings (SSSR count). The van der Waals surface area contributed by atoms with Gasteiger partial charge in [-0.2, -0.15) is 0 Å². The van der Waals surface area contributed by atoms with Crippen LogP contribution >= 0.6 is 11.8 Å². The molecule has 1 aromatic rings. The van der Waals surface area contributed by atoms with Gasteiger partial charge in [0.2, 0.25) is 5.91 Å². The van der Waals surface area contributed by atoms with Crippen LogP contribution in [0.15, 0.2) is 35.2 Å². The van der Waals surface area contributed by atoms with Crippen molar-refractivity contribution in [3.63, 3.8) is 0 Å². The summed E-state index contributed by atoms with van der Waals surface area (Å²) < 4.78 is 5.20. The maximum Gasteiger partial charge on any atom is 0.308 e. The highest BCUT2D eigenvalue weighted by molar-refractivity contribution is 7.99. The molecule has 1 aliphatic heterocycles. The number of rotatable bonds is 6. The molecule has 0 aromatic heterocycles. The molecule has 0 N–H and O–H groups in total. The Hall–Kier alpha value is -1.49. The predicted molar refractivity (Wildman–Crippen MR) is 99.4 cm³/mol. The lowest BCUT2D eigenvalue weighted by molar-refractivity contribution is -0.148. The van der Waals surface area contributed by atoms with E-state index in [4.69, 9.17) is 4.74 Å². The van der Waals surface area contributed by atoms with Gasteiger partial charge >= 0.3 is 5.97 Å². The fraction of sp³-hybridized carbons (Fsp3) is 0.600. The van der Waals surface area contributed by atoms with E-state index in [-0.39, 0.29) is 22.8 Å². The quantitative estimate of drug-likeness (QED) is 0.570. The lowest BCUT2D eigenvalue weighted by Crippen LogP contribution is -2.48. The molecule has 4 nitrogen and oxygen atoms in total. The molecule has 0 spiro atoms. The van der Waals surface area contributed by atoms with Crippen molar-refractivity contribution in [2.75, 3.05) is 18.9 Å². The zero-order chi connectivity index (χ0) is 17.9. The molecule has 2 aliphatic rings. The number of benzene rings is 1. The standard InChI is InChI=1S/C20H27NO3S/c1-3-24-18(23)12-20-11-7-10-19(13-20,14-21(20)16(2)22)15-25-17-8-5-4-6-9-17/h4-6,8-9H,3,7,10-15H2,1-2H3/t19-,20+/m0/s1. The summed E-state index contributed by atoms with van der Waals surface area (Å²) in [5.41, 5.74) is -0.232. The van der Waals surface area contributed by atoms with Crippen LogP contribution in [0.3, 0.4) is 0 Å². The summed E-state index contributed by atoms with van der Waals surface area (Å²) in [5.74, 6) is 0.894. The molecule has 1 aromatic carbocycles. The third-order valence-corrected chi connectivity index (χ3v) is 6.93. The number of nitrogens with zero attached hydrogens (tertiary/aromatic N) is 1. The largest absolute Gasteiger partial charge is 0.466 e. The molecule has 1 saturated heterocycles. The van der Waals surface area contributed by atoms with Crippen molar-refractivity contribution < 1.29 is 14.3 Å². The summed E-state index contributed by atoms with van der Waals surface area (Å²) in [6.45, 7) is 4.62. The number of fused-ring (bicyclic) bond motifs is 2. The van der Waals surface area contributed by atoms with Crippen LogP contribution in [0.2, 0.25) is 0 Å². The van der Waals surface area contributed by atoms with Gasteiger partial charge in [0.25, 0.3) is 0 Å². The minimum absolute atomic E-state index is 0.0813. The van der Waals surface area contributed by atoms with E-state index in [0.29, 0.717) is 13.0 Å². The molecular weight excluding hydrogens is 334 g/mol. The van der Waals surface area contributed by atoms with E-state index in [9.17, 15) is 9.59 Å². The average molecular weight is 362 g/mol. The Balaban J connectivity index is 1.77. The smallest absolute Gasteiger partial charge is 0.308 e. The number of hydrogen-bond donors (Lipinski definition) is 0. The van der Waals surface area contributed by atoms with Crippen molar-refractivity contribution >= 4 is 23.6 Å². The molecule has 25 heavy (non-hydrogen) atoms. The maximum atomic E-state index is 12.3. The summed E-state index contributed by atoms with van der Waals surface area (Å²) >= 11 is 1.86. The van der Waals surface area contributed by atoms with Crippen LogP contribution in [0, 0.1) is 5.41 Å². The van der Waals surface area contributed by atoms with Crippen molar-refractivity contribution in [3.05, 3.63) is 30.3 Å². The zero-order valence-corrected chi connectivity index (χ0v) is 15.9. The van der Waals surface area contributed by atoms with Gasteiger partial charge in [-0.25, -0.2) is 0 Å². The fourth-order valence-corrected chi connectivity index (χ4v) is 5.79. The van der Waals surface area contributed by atoms with Crippen LogP contribution in [0.25, 0.3) is 0 Å². The van der Waals surface area contributed by atoms with Crippen LogP contribution in [-0.2, 0) is 14.3 Å². The minimum Gasteiger partial charge on any atom is -0.466 e. The third-order valence-electron chi connectivity index (χ3n) is 5.57. The number of amides is 1. The number of likely N-dealkylation sites (tertiary alicyclic amines) is 1. The Morgan fingerprint density at radius 2 is 2.00 bits per heavy atom. The Bertz CT molecular complexity index is 635. The van der Waals surface area contributed by atoms with Gasteiger partial charge in [-0.1, -0.05) is 24.6 Å². The van der Waals surface area contributed by atoms with Gasteiger partial charge in [0.05, 0.1) is 18.6 Å². The molecule has 5 heteroatoms. The number of ether oxygens (including phenoxy) is 1. The van der Waals surface area contributed by atoms with E-state index < -0.39 is 0 Å². The van der Waals surface area contributed by atoms with E-state index in [2.05, 4.69) is 24.3 Å². The first-order valence-corrected chi connectivity index (χ1v) is 10.1. The van der Waals surface area contributed by atoms with Crippen LogP contribution in [-0.4, -0.2) is 41.2 Å². The second kappa shape index (κ2) is 7.40. The Morgan fingerprint density at radius 3 is 2.68 bits per heavy atom. The second-order valence-corrected chi connectivity index (χ2v) is 8.49. The molecule has 1 heterocycles. The summed E-state index contributed by atoms with van der Waals surface area (Å²) in [6.07, 6.45) is 4.35. The molecule has 1 amide bonds. The van der Waals surface area contributed by atoms with Crippen LogP contribution < -0.4 is 0 Å². The van der Waals surface area contributed by atoms with Crippen molar-refractivity contribution in [1.82, 2.24) is 4.90 Å². The highest BCUT2D eigenvalue weighted by Crippen LogP contribution is 2.55. The first-order valence-electron chi connectivity index (χ1n) is 9.10. The summed E-state index contributed by atoms with van der Waals surface area (Å²) in [4.78, 5) is 27.7. The van der Waals surface area contributed by atoms with Crippen LogP contribution in [0.1, 0.15) is 46.0 Å². The van der Waals surface area contributed by atoms with Gasteiger partial charge in [-0.3, -0.25) is 9.59 Å². The summed E-state index contributed by atoms with van der Waals surface area (Å²) in [7, 11) is 0. The Kier molecular flexibility index (Phi) is 5.42. The normalized spacial score (nSPS) is 28.0. The molecule has 2 bridgehead atoms. The monoisotopic (exact) mass is 361 g/mol. The van der Waals surface area contributed by atoms with Crippen LogP contribution in [0.4, 0.5) is 0 Å². The SMILES string of the molecule is CCOC(=O)C[C@@]12CCC[C@@](CSc3ccccc3)(CN1C(C)=O)C2. The predicted octanol–water partition coefficient (Wildman–Crippen LogP) is 3.89. The number of carbonyl (C=O) groups is 2. The summed E-state index contributed by atoms with van der Waals surface area (Å²) in [6, 6.07) is 10.4. The lowest BCUT2D eigenvalue weighted by atomic mass is 9.70. The number of hydrogen-bond acceptors (Lipinski definition) is 4. The van der Waals surface area contributed by atoms with Crippen molar-refractivity contribution in [1.29, 1.82) is 0 Å². The van der Waals surface area contributed by atoms with Crippen molar-refractivity contribution in [2.24, 2.45) is 5.41 Å². The molecule has 2 fully saturated rings. The average Bonchev–Trinajstić information content (AvgIpc) is 2.81. The third kappa shape index (κ3) is 3.86. The topological polar surface area (TPSA) is 46.6 Å². The van der Waals surface area contributed by atoms with E-state index in [1.807, 2.05) is 29.7 Å². The van der Waals surface area contributed by atoms with Crippen LogP contribution in [0.5, 0.6) is 0 Å². The second-order valence-electron chi connectivity index (χ2n) is 7.44. The van der Waals surface area contributed by atoms with Gasteiger partial charge in [0.1, 0.15) is 0 Å². The zero-order valence-electron chi connectivity index (χ0n) is 15.1. The molecule has 2 atom stereocenters. The Morgan fingerprint density at radius 1 is 1.24 bits per heavy atom. The first kappa shape index (κ1) is 18.3. The van der Waals surface area contributed by atoms with E-state index in [0.717, 1.165) is 38.0 Å². The molecule has 136 valence electrons. The van der Waals surface area contributed by atoms with Gasteiger partial charge in [0, 0.05) is 24.1 Å². The fourth-order valence-electron chi connectivity index (χ4n) is 4.63. The highest BCUT2D eigenvalue weighted by Gasteiger charge is 2.57. The molecule has 1 aliphatic carbocycles. The van der Waals surface area contributed by atoms with E-state index >= 15 is 0 Å². The minimum atomic E-state index is -0.340. The van der Waals surface area contributed by atoms with E-state index in [1.54, 1.807) is 6.92 Å². The molecule has 1 saturated carbocycles. The molecule has 0 radical (unpaired) electrons. The molecule has 0 unspecified atom stereocenters. The van der Waals surface area contributed by atoms with E-state index in [1.165, 1.54) is 4.90 Å². The maximum absolute atomic E-state index is 12.3. The van der Waals surface area contributed by atoms with Gasteiger partial charge < -0.3 is 9.64 Å². The van der Waals surface area contributed by atoms with Gasteiger partial charge in [0.15, 0.2) is 0 Å². The highest BCUT2D eigenvalue weighted by atomic mass is 32.2.